The summed E-state index contributed by atoms with van der Waals surface area (Å²) in [7, 11) is 4.88. The van der Waals surface area contributed by atoms with Gasteiger partial charge in [-0.05, 0) is 31.0 Å². The lowest BCUT2D eigenvalue weighted by Gasteiger charge is -2.12. The first-order valence-electron chi connectivity index (χ1n) is 7.62. The lowest BCUT2D eigenvalue weighted by atomic mass is 10.1. The molecule has 0 radical (unpaired) electrons. The highest BCUT2D eigenvalue weighted by Crippen LogP contribution is 2.27. The van der Waals surface area contributed by atoms with Crippen molar-refractivity contribution < 1.29 is 9.47 Å². The zero-order chi connectivity index (χ0) is 18.2. The molecule has 0 unspecified atom stereocenters. The number of ether oxygens (including phenoxy) is 2. The van der Waals surface area contributed by atoms with Crippen LogP contribution in [0, 0.1) is 0 Å². The molecule has 2 rings (SSSR count). The number of anilines is 2. The minimum absolute atomic E-state index is 0.570. The van der Waals surface area contributed by atoms with Gasteiger partial charge < -0.3 is 20.5 Å². The SMILES string of the molecule is C=N/C(=C\C(=N/C)Nc1ccc(N)c(OC)c1)c1ccccc1OC. The molecule has 0 saturated carbocycles. The van der Waals surface area contributed by atoms with Crippen LogP contribution in [-0.2, 0) is 0 Å². The molecule has 6 nitrogen and oxygen atoms in total. The lowest BCUT2D eigenvalue weighted by Crippen LogP contribution is -2.10. The summed E-state index contributed by atoms with van der Waals surface area (Å²) in [5.41, 5.74) is 8.69. The maximum atomic E-state index is 5.84. The standard InChI is InChI=1S/C19H22N4O2/c1-21-16(14-7-5-6-8-17(14)24-3)12-19(22-2)23-13-9-10-15(20)18(11-13)25-4/h5-12H,1,20H2,2-4H3,(H,22,23)/b16-12-. The molecule has 0 saturated heterocycles. The molecule has 0 amide bonds. The summed E-state index contributed by atoms with van der Waals surface area (Å²) in [5, 5.41) is 3.21. The topological polar surface area (TPSA) is 81.2 Å². The van der Waals surface area contributed by atoms with E-state index in [1.807, 2.05) is 30.3 Å². The van der Waals surface area contributed by atoms with Gasteiger partial charge in [0.15, 0.2) is 0 Å². The van der Waals surface area contributed by atoms with Gasteiger partial charge in [0, 0.05) is 30.4 Å². The second-order valence-electron chi connectivity index (χ2n) is 5.08. The first-order valence-corrected chi connectivity index (χ1v) is 7.62. The van der Waals surface area contributed by atoms with E-state index in [1.54, 1.807) is 39.5 Å². The van der Waals surface area contributed by atoms with Crippen molar-refractivity contribution in [2.24, 2.45) is 9.98 Å². The third-order valence-electron chi connectivity index (χ3n) is 3.57. The van der Waals surface area contributed by atoms with Gasteiger partial charge in [0.1, 0.15) is 17.3 Å². The fraction of sp³-hybridized carbons (Fsp3) is 0.158. The molecule has 2 aromatic carbocycles. The van der Waals surface area contributed by atoms with Gasteiger partial charge in [-0.25, -0.2) is 0 Å². The van der Waals surface area contributed by atoms with Crippen molar-refractivity contribution in [2.75, 3.05) is 32.3 Å². The Labute approximate surface area is 147 Å². The number of amidine groups is 1. The highest BCUT2D eigenvalue weighted by atomic mass is 16.5. The van der Waals surface area contributed by atoms with E-state index in [2.05, 4.69) is 22.0 Å². The van der Waals surface area contributed by atoms with Crippen molar-refractivity contribution in [1.82, 2.24) is 0 Å². The minimum atomic E-state index is 0.570. The maximum Gasteiger partial charge on any atom is 0.143 e. The largest absolute Gasteiger partial charge is 0.496 e. The smallest absolute Gasteiger partial charge is 0.143 e. The molecular weight excluding hydrogens is 316 g/mol. The average Bonchev–Trinajstić information content (AvgIpc) is 2.66. The summed E-state index contributed by atoms with van der Waals surface area (Å²) in [6, 6.07) is 13.0. The first-order chi connectivity index (χ1) is 12.1. The summed E-state index contributed by atoms with van der Waals surface area (Å²) in [6.07, 6.45) is 1.80. The Kier molecular flexibility index (Phi) is 6.17. The van der Waals surface area contributed by atoms with Crippen LogP contribution in [0.15, 0.2) is 58.5 Å². The Morgan fingerprint density at radius 2 is 1.84 bits per heavy atom. The molecule has 0 aliphatic carbocycles. The zero-order valence-electron chi connectivity index (χ0n) is 14.6. The van der Waals surface area contributed by atoms with Crippen LogP contribution >= 0.6 is 0 Å². The first kappa shape index (κ1) is 18.1. The summed E-state index contributed by atoms with van der Waals surface area (Å²) >= 11 is 0. The van der Waals surface area contributed by atoms with Crippen molar-refractivity contribution in [3.8, 4) is 11.5 Å². The average molecular weight is 338 g/mol. The van der Waals surface area contributed by atoms with Gasteiger partial charge in [-0.3, -0.25) is 9.98 Å². The van der Waals surface area contributed by atoms with Crippen molar-refractivity contribution in [2.45, 2.75) is 0 Å². The Balaban J connectivity index is 2.33. The van der Waals surface area contributed by atoms with E-state index >= 15 is 0 Å². The fourth-order valence-corrected chi connectivity index (χ4v) is 2.29. The Bertz CT molecular complexity index is 813. The van der Waals surface area contributed by atoms with Gasteiger partial charge in [-0.15, -0.1) is 0 Å². The van der Waals surface area contributed by atoms with Gasteiger partial charge in [0.05, 0.1) is 25.6 Å². The quantitative estimate of drug-likeness (QED) is 0.480. The highest BCUT2D eigenvalue weighted by Gasteiger charge is 2.09. The number of nitrogen functional groups attached to an aromatic ring is 1. The molecule has 0 aromatic heterocycles. The van der Waals surface area contributed by atoms with Gasteiger partial charge in [0.2, 0.25) is 0 Å². The number of methoxy groups -OCH3 is 2. The van der Waals surface area contributed by atoms with Gasteiger partial charge in [0.25, 0.3) is 0 Å². The molecule has 3 N–H and O–H groups in total. The van der Waals surface area contributed by atoms with Gasteiger partial charge >= 0.3 is 0 Å². The number of nitrogens with two attached hydrogens (primary N) is 1. The second kappa shape index (κ2) is 8.54. The number of hydrogen-bond donors (Lipinski definition) is 2. The summed E-state index contributed by atoms with van der Waals surface area (Å²) in [4.78, 5) is 8.37. The molecule has 0 aliphatic rings. The highest BCUT2D eigenvalue weighted by molar-refractivity contribution is 6.08. The second-order valence-corrected chi connectivity index (χ2v) is 5.08. The number of hydrogen-bond acceptors (Lipinski definition) is 5. The maximum absolute atomic E-state index is 5.84. The number of rotatable bonds is 6. The molecule has 0 fully saturated rings. The van der Waals surface area contributed by atoms with E-state index in [-0.39, 0.29) is 0 Å². The number of aliphatic imine (C=N–C) groups is 2. The summed E-state index contributed by atoms with van der Waals surface area (Å²) in [6.45, 7) is 3.65. The number of nitrogens with zero attached hydrogens (tertiary/aromatic N) is 2. The number of benzene rings is 2. The van der Waals surface area contributed by atoms with Crippen molar-refractivity contribution in [1.29, 1.82) is 0 Å². The zero-order valence-corrected chi connectivity index (χ0v) is 14.6. The molecule has 25 heavy (non-hydrogen) atoms. The molecule has 0 heterocycles. The lowest BCUT2D eigenvalue weighted by molar-refractivity contribution is 0.413. The summed E-state index contributed by atoms with van der Waals surface area (Å²) < 4.78 is 10.6. The minimum Gasteiger partial charge on any atom is -0.496 e. The van der Waals surface area contributed by atoms with E-state index in [9.17, 15) is 0 Å². The van der Waals surface area contributed by atoms with Crippen LogP contribution in [0.2, 0.25) is 0 Å². The molecular formula is C19H22N4O2. The van der Waals surface area contributed by atoms with Gasteiger partial charge in [-0.1, -0.05) is 12.1 Å². The van der Waals surface area contributed by atoms with Crippen LogP contribution in [0.3, 0.4) is 0 Å². The van der Waals surface area contributed by atoms with E-state index in [4.69, 9.17) is 15.2 Å². The molecule has 0 atom stereocenters. The van der Waals surface area contributed by atoms with Crippen molar-refractivity contribution >= 4 is 29.6 Å². The monoisotopic (exact) mass is 338 g/mol. The predicted molar refractivity (Wildman–Crippen MR) is 105 cm³/mol. The Morgan fingerprint density at radius 3 is 2.48 bits per heavy atom. The van der Waals surface area contributed by atoms with Crippen molar-refractivity contribution in [3.63, 3.8) is 0 Å². The molecule has 2 aromatic rings. The van der Waals surface area contributed by atoms with Crippen molar-refractivity contribution in [3.05, 3.63) is 54.1 Å². The molecule has 0 bridgehead atoms. The Morgan fingerprint density at radius 1 is 1.12 bits per heavy atom. The molecule has 6 heteroatoms. The number of nitrogens with one attached hydrogen (secondary N) is 1. The predicted octanol–water partition coefficient (Wildman–Crippen LogP) is 3.47. The van der Waals surface area contributed by atoms with E-state index in [0.29, 0.717) is 28.7 Å². The van der Waals surface area contributed by atoms with Crippen LogP contribution in [0.5, 0.6) is 11.5 Å². The van der Waals surface area contributed by atoms with Crippen LogP contribution in [0.25, 0.3) is 5.70 Å². The van der Waals surface area contributed by atoms with Crippen LogP contribution in [0.1, 0.15) is 5.56 Å². The molecule has 0 aliphatic heterocycles. The third-order valence-corrected chi connectivity index (χ3v) is 3.57. The fourth-order valence-electron chi connectivity index (χ4n) is 2.29. The van der Waals surface area contributed by atoms with Crippen LogP contribution in [0.4, 0.5) is 11.4 Å². The summed E-state index contributed by atoms with van der Waals surface area (Å²) in [5.74, 6) is 1.92. The van der Waals surface area contributed by atoms with E-state index < -0.39 is 0 Å². The third kappa shape index (κ3) is 4.38. The molecule has 0 spiro atoms. The Hall–Kier alpha value is -3.28. The van der Waals surface area contributed by atoms with Gasteiger partial charge in [-0.2, -0.15) is 0 Å². The normalized spacial score (nSPS) is 11.8. The van der Waals surface area contributed by atoms with E-state index in [0.717, 1.165) is 11.3 Å². The van der Waals surface area contributed by atoms with Crippen LogP contribution in [-0.4, -0.2) is 33.8 Å². The number of para-hydroxylation sites is 1. The van der Waals surface area contributed by atoms with E-state index in [1.165, 1.54) is 0 Å². The van der Waals surface area contributed by atoms with Crippen LogP contribution < -0.4 is 20.5 Å². The molecule has 130 valence electrons.